The summed E-state index contributed by atoms with van der Waals surface area (Å²) >= 11 is 0. The molecule has 19 heavy (non-hydrogen) atoms. The molecule has 0 bridgehead atoms. The first-order valence-electron chi connectivity index (χ1n) is 6.07. The first-order valence-corrected chi connectivity index (χ1v) is 9.48. The van der Waals surface area contributed by atoms with Gasteiger partial charge in [-0.3, -0.25) is 4.79 Å². The van der Waals surface area contributed by atoms with Gasteiger partial charge in [0, 0.05) is 0 Å². The maximum absolute atomic E-state index is 10.8. The molecule has 1 rings (SSSR count). The summed E-state index contributed by atoms with van der Waals surface area (Å²) in [5.41, 5.74) is 6.36. The largest absolute Gasteiger partial charge is 0.542 e. The van der Waals surface area contributed by atoms with E-state index in [1.165, 1.54) is 0 Å². The van der Waals surface area contributed by atoms with Crippen LogP contribution >= 0.6 is 0 Å². The minimum atomic E-state index is -1.76. The third kappa shape index (κ3) is 4.92. The molecule has 0 amide bonds. The summed E-state index contributed by atoms with van der Waals surface area (Å²) in [6.07, 6.45) is 0.265. The monoisotopic (exact) mass is 283 g/mol. The molecule has 5 nitrogen and oxygen atoms in total. The minimum absolute atomic E-state index is 0.265. The van der Waals surface area contributed by atoms with E-state index in [2.05, 4.69) is 19.6 Å². The zero-order chi connectivity index (χ0) is 14.6. The van der Waals surface area contributed by atoms with Crippen molar-refractivity contribution in [3.8, 4) is 11.5 Å². The maximum Gasteiger partial charge on any atom is 0.320 e. The predicted octanol–water partition coefficient (Wildman–Crippen LogP) is 1.86. The van der Waals surface area contributed by atoms with Gasteiger partial charge in [-0.1, -0.05) is 6.07 Å². The highest BCUT2D eigenvalue weighted by Crippen LogP contribution is 2.30. The second-order valence-electron chi connectivity index (χ2n) is 5.35. The van der Waals surface area contributed by atoms with Crippen molar-refractivity contribution < 1.29 is 19.1 Å². The molecule has 0 radical (unpaired) electrons. The van der Waals surface area contributed by atoms with Crippen molar-refractivity contribution in [2.24, 2.45) is 5.73 Å². The van der Waals surface area contributed by atoms with Crippen molar-refractivity contribution in [2.75, 3.05) is 7.11 Å². The Kier molecular flexibility index (Phi) is 4.96. The molecule has 0 aliphatic carbocycles. The Hall–Kier alpha value is -1.53. The molecule has 1 aromatic carbocycles. The van der Waals surface area contributed by atoms with Crippen LogP contribution in [0.1, 0.15) is 5.56 Å². The van der Waals surface area contributed by atoms with Crippen LogP contribution in [0.3, 0.4) is 0 Å². The Balaban J connectivity index is 2.98. The number of rotatable bonds is 6. The summed E-state index contributed by atoms with van der Waals surface area (Å²) in [6, 6.07) is 4.48. The van der Waals surface area contributed by atoms with Crippen LogP contribution in [-0.2, 0) is 11.2 Å². The molecule has 0 aliphatic heterocycles. The fraction of sp³-hybridized carbons (Fsp3) is 0.462. The lowest BCUT2D eigenvalue weighted by Gasteiger charge is -2.22. The van der Waals surface area contributed by atoms with Crippen molar-refractivity contribution in [1.29, 1.82) is 0 Å². The zero-order valence-corrected chi connectivity index (χ0v) is 12.8. The smallest absolute Gasteiger partial charge is 0.320 e. The Morgan fingerprint density at radius 1 is 1.37 bits per heavy atom. The molecular formula is C13H21NO4Si. The lowest BCUT2D eigenvalue weighted by Crippen LogP contribution is -2.32. The number of methoxy groups -OCH3 is 1. The van der Waals surface area contributed by atoms with Crippen LogP contribution in [0, 0.1) is 0 Å². The van der Waals surface area contributed by atoms with E-state index in [4.69, 9.17) is 20.0 Å². The molecule has 0 saturated heterocycles. The lowest BCUT2D eigenvalue weighted by molar-refractivity contribution is -0.138. The van der Waals surface area contributed by atoms with E-state index in [0.29, 0.717) is 11.5 Å². The number of carboxylic acids is 1. The molecule has 0 heterocycles. The van der Waals surface area contributed by atoms with Gasteiger partial charge in [-0.15, -0.1) is 0 Å². The molecular weight excluding hydrogens is 262 g/mol. The highest BCUT2D eigenvalue weighted by atomic mass is 28.4. The molecule has 0 aliphatic rings. The SMILES string of the molecule is COc1ccc(CC(N)C(=O)O)cc1O[Si](C)(C)C. The van der Waals surface area contributed by atoms with Crippen molar-refractivity contribution in [2.45, 2.75) is 32.1 Å². The number of hydrogen-bond acceptors (Lipinski definition) is 4. The van der Waals surface area contributed by atoms with Crippen LogP contribution in [0.5, 0.6) is 11.5 Å². The fourth-order valence-electron chi connectivity index (χ4n) is 1.60. The lowest BCUT2D eigenvalue weighted by atomic mass is 10.1. The number of hydrogen-bond donors (Lipinski definition) is 2. The topological polar surface area (TPSA) is 81.8 Å². The predicted molar refractivity (Wildman–Crippen MR) is 76.3 cm³/mol. The van der Waals surface area contributed by atoms with Gasteiger partial charge < -0.3 is 20.0 Å². The van der Waals surface area contributed by atoms with E-state index in [-0.39, 0.29) is 6.42 Å². The molecule has 106 valence electrons. The molecule has 0 saturated carbocycles. The fourth-order valence-corrected chi connectivity index (χ4v) is 2.42. The van der Waals surface area contributed by atoms with Crippen LogP contribution in [0.4, 0.5) is 0 Å². The standard InChI is InChI=1S/C13H21NO4Si/c1-17-11-6-5-9(7-10(14)13(15)16)8-12(11)18-19(2,3)4/h5-6,8,10H,7,14H2,1-4H3,(H,15,16). The van der Waals surface area contributed by atoms with Crippen LogP contribution in [-0.4, -0.2) is 32.5 Å². The third-order valence-electron chi connectivity index (χ3n) is 2.42. The average molecular weight is 283 g/mol. The second kappa shape index (κ2) is 6.07. The van der Waals surface area contributed by atoms with Crippen molar-refractivity contribution in [3.63, 3.8) is 0 Å². The van der Waals surface area contributed by atoms with Gasteiger partial charge >= 0.3 is 5.97 Å². The molecule has 1 aromatic rings. The highest BCUT2D eigenvalue weighted by Gasteiger charge is 2.20. The van der Waals surface area contributed by atoms with Crippen molar-refractivity contribution >= 4 is 14.3 Å². The van der Waals surface area contributed by atoms with E-state index in [0.717, 1.165) is 5.56 Å². The average Bonchev–Trinajstić information content (AvgIpc) is 2.27. The molecule has 0 aromatic heterocycles. The first-order chi connectivity index (χ1) is 8.73. The quantitative estimate of drug-likeness (QED) is 0.779. The van der Waals surface area contributed by atoms with Gasteiger partial charge in [0.25, 0.3) is 0 Å². The molecule has 1 unspecified atom stereocenters. The number of benzene rings is 1. The van der Waals surface area contributed by atoms with Crippen LogP contribution in [0.2, 0.25) is 19.6 Å². The summed E-state index contributed by atoms with van der Waals surface area (Å²) < 4.78 is 11.2. The van der Waals surface area contributed by atoms with Crippen LogP contribution in [0.25, 0.3) is 0 Å². The third-order valence-corrected chi connectivity index (χ3v) is 3.25. The van der Waals surface area contributed by atoms with E-state index in [9.17, 15) is 4.79 Å². The van der Waals surface area contributed by atoms with Gasteiger partial charge in [0.2, 0.25) is 8.32 Å². The van der Waals surface area contributed by atoms with Crippen molar-refractivity contribution in [3.05, 3.63) is 23.8 Å². The van der Waals surface area contributed by atoms with E-state index < -0.39 is 20.3 Å². The molecule has 0 fully saturated rings. The van der Waals surface area contributed by atoms with E-state index in [1.54, 1.807) is 25.3 Å². The summed E-state index contributed by atoms with van der Waals surface area (Å²) in [5.74, 6) is 0.287. The zero-order valence-electron chi connectivity index (χ0n) is 11.8. The summed E-state index contributed by atoms with van der Waals surface area (Å²) in [7, 11) is -0.180. The van der Waals surface area contributed by atoms with Gasteiger partial charge in [0.15, 0.2) is 5.75 Å². The summed E-state index contributed by atoms with van der Waals surface area (Å²) in [4.78, 5) is 10.8. The molecule has 3 N–H and O–H groups in total. The Bertz CT molecular complexity index is 456. The molecule has 0 spiro atoms. The molecule has 1 atom stereocenters. The first kappa shape index (κ1) is 15.5. The molecule has 6 heteroatoms. The van der Waals surface area contributed by atoms with E-state index in [1.807, 2.05) is 0 Å². The van der Waals surface area contributed by atoms with Crippen LogP contribution < -0.4 is 14.9 Å². The Labute approximate surface area is 114 Å². The summed E-state index contributed by atoms with van der Waals surface area (Å²) in [6.45, 7) is 6.21. The van der Waals surface area contributed by atoms with Gasteiger partial charge in [-0.2, -0.15) is 0 Å². The van der Waals surface area contributed by atoms with E-state index >= 15 is 0 Å². The van der Waals surface area contributed by atoms with Crippen molar-refractivity contribution in [1.82, 2.24) is 0 Å². The van der Waals surface area contributed by atoms with Crippen LogP contribution in [0.15, 0.2) is 18.2 Å². The number of nitrogens with two attached hydrogens (primary N) is 1. The minimum Gasteiger partial charge on any atom is -0.542 e. The van der Waals surface area contributed by atoms with Gasteiger partial charge in [0.1, 0.15) is 11.8 Å². The number of carboxylic acid groups (broad SMARTS) is 1. The van der Waals surface area contributed by atoms with Gasteiger partial charge in [-0.25, -0.2) is 0 Å². The number of ether oxygens (including phenoxy) is 1. The normalized spacial score (nSPS) is 12.9. The highest BCUT2D eigenvalue weighted by molar-refractivity contribution is 6.70. The second-order valence-corrected chi connectivity index (χ2v) is 9.78. The maximum atomic E-state index is 10.8. The summed E-state index contributed by atoms with van der Waals surface area (Å²) in [5, 5.41) is 8.83. The van der Waals surface area contributed by atoms with Gasteiger partial charge in [-0.05, 0) is 43.8 Å². The van der Waals surface area contributed by atoms with Gasteiger partial charge in [0.05, 0.1) is 7.11 Å². The Morgan fingerprint density at radius 2 is 2.00 bits per heavy atom. The number of carbonyl (C=O) groups is 1. The number of aliphatic carboxylic acids is 1. The Morgan fingerprint density at radius 3 is 2.47 bits per heavy atom.